The maximum Gasteiger partial charge on any atom is 0.0167 e. The molecule has 0 N–H and O–H groups in total. The van der Waals surface area contributed by atoms with Crippen molar-refractivity contribution in [3.05, 3.63) is 91.1 Å². The summed E-state index contributed by atoms with van der Waals surface area (Å²) in [6, 6.07) is 30.8. The predicted octanol–water partition coefficient (Wildman–Crippen LogP) is 6.01. The molecule has 1 aromatic heterocycles. The third-order valence-corrected chi connectivity index (χ3v) is 4.63. The Hall–Kier alpha value is -2.54. The molecule has 0 aliphatic carbocycles. The van der Waals surface area contributed by atoms with Crippen molar-refractivity contribution in [2.45, 2.75) is 0 Å². The Morgan fingerprint density at radius 1 is 0.600 bits per heavy atom. The summed E-state index contributed by atoms with van der Waals surface area (Å²) in [5.41, 5.74) is 2.02. The van der Waals surface area contributed by atoms with Crippen LogP contribution >= 0.6 is 0 Å². The van der Waals surface area contributed by atoms with Gasteiger partial charge in [0.05, 0.1) is 0 Å². The fraction of sp³-hybridized carbons (Fsp3) is 0. The van der Waals surface area contributed by atoms with Gasteiger partial charge >= 0.3 is 0 Å². The van der Waals surface area contributed by atoms with Crippen molar-refractivity contribution in [1.29, 1.82) is 0 Å². The van der Waals surface area contributed by atoms with Crippen LogP contribution in [0.4, 0.5) is 0 Å². The molecule has 1 nitrogen and oxygen atoms in total. The molecule has 121 valence electrons. The summed E-state index contributed by atoms with van der Waals surface area (Å²) in [4.78, 5) is 4.62. The molecule has 25 heavy (non-hydrogen) atoms. The number of hydrogen-bond acceptors (Lipinski definition) is 1. The number of rotatable bonds is 1. The van der Waals surface area contributed by atoms with Gasteiger partial charge < -0.3 is 4.98 Å². The zero-order valence-corrected chi connectivity index (χ0v) is 15.8. The van der Waals surface area contributed by atoms with Gasteiger partial charge in [-0.05, 0) is 44.1 Å². The molecule has 0 atom stereocenters. The van der Waals surface area contributed by atoms with Crippen molar-refractivity contribution in [1.82, 2.24) is 4.98 Å². The number of nitrogens with zero attached hydrogens (tertiary/aromatic N) is 1. The van der Waals surface area contributed by atoms with Crippen molar-refractivity contribution in [2.75, 3.05) is 0 Å². The molecule has 0 aliphatic heterocycles. The van der Waals surface area contributed by atoms with E-state index in [-0.39, 0.29) is 20.1 Å². The number of hydrogen-bond donors (Lipinski definition) is 0. The topological polar surface area (TPSA) is 12.9 Å². The largest absolute Gasteiger partial charge is 0.304 e. The Balaban J connectivity index is 0.00000157. The molecule has 0 bridgehead atoms. The van der Waals surface area contributed by atoms with E-state index in [1.54, 1.807) is 0 Å². The van der Waals surface area contributed by atoms with E-state index in [4.69, 9.17) is 0 Å². The van der Waals surface area contributed by atoms with Crippen molar-refractivity contribution in [3.8, 4) is 11.3 Å². The monoisotopic (exact) mass is 497 g/mol. The minimum atomic E-state index is 0. The summed E-state index contributed by atoms with van der Waals surface area (Å²) in [6.07, 6.45) is 1.90. The van der Waals surface area contributed by atoms with E-state index in [1.807, 2.05) is 24.4 Å². The maximum atomic E-state index is 4.62. The third kappa shape index (κ3) is 2.55. The standard InChI is InChI=1S/C23H14N.Ir/c1-2-7-17(8-3-1)23-22-13-12-19-18-9-5-4-6-16(18)10-11-20(19)21(22)14-15-24-23;/h1-7,9-15H;/q-1;. The van der Waals surface area contributed by atoms with Crippen LogP contribution in [0.25, 0.3) is 43.6 Å². The summed E-state index contributed by atoms with van der Waals surface area (Å²) in [5, 5.41) is 7.53. The van der Waals surface area contributed by atoms with Gasteiger partial charge in [-0.3, -0.25) is 0 Å². The minimum Gasteiger partial charge on any atom is -0.304 e. The molecule has 5 rings (SSSR count). The smallest absolute Gasteiger partial charge is 0.0167 e. The van der Waals surface area contributed by atoms with Gasteiger partial charge in [0.15, 0.2) is 0 Å². The molecule has 1 heterocycles. The fourth-order valence-corrected chi connectivity index (χ4v) is 3.51. The molecule has 0 saturated carbocycles. The van der Waals surface area contributed by atoms with Gasteiger partial charge in [-0.15, -0.1) is 35.9 Å². The van der Waals surface area contributed by atoms with Crippen LogP contribution in [0.2, 0.25) is 0 Å². The van der Waals surface area contributed by atoms with E-state index >= 15 is 0 Å². The van der Waals surface area contributed by atoms with Crippen LogP contribution in [0.3, 0.4) is 0 Å². The maximum absolute atomic E-state index is 4.62. The first-order valence-corrected chi connectivity index (χ1v) is 8.08. The molecule has 5 aromatic rings. The Labute approximate surface area is 159 Å². The Bertz CT molecular complexity index is 1200. The molecule has 0 saturated heterocycles. The average Bonchev–Trinajstić information content (AvgIpc) is 2.67. The molecule has 0 spiro atoms. The quantitative estimate of drug-likeness (QED) is 0.205. The molecule has 0 fully saturated rings. The van der Waals surface area contributed by atoms with Crippen molar-refractivity contribution < 1.29 is 20.1 Å². The Morgan fingerprint density at radius 2 is 1.32 bits per heavy atom. The second kappa shape index (κ2) is 6.40. The van der Waals surface area contributed by atoms with Crippen molar-refractivity contribution in [2.24, 2.45) is 0 Å². The summed E-state index contributed by atoms with van der Waals surface area (Å²) in [5.74, 6) is 0. The summed E-state index contributed by atoms with van der Waals surface area (Å²) < 4.78 is 0. The average molecular weight is 497 g/mol. The van der Waals surface area contributed by atoms with Crippen LogP contribution in [-0.4, -0.2) is 4.98 Å². The molecule has 4 aromatic carbocycles. The van der Waals surface area contributed by atoms with Crippen LogP contribution in [0.1, 0.15) is 0 Å². The van der Waals surface area contributed by atoms with E-state index in [1.165, 1.54) is 32.3 Å². The first-order chi connectivity index (χ1) is 11.9. The summed E-state index contributed by atoms with van der Waals surface area (Å²) in [6.45, 7) is 0. The molecular weight excluding hydrogens is 482 g/mol. The zero-order valence-electron chi connectivity index (χ0n) is 13.4. The van der Waals surface area contributed by atoms with E-state index in [0.29, 0.717) is 0 Å². The van der Waals surface area contributed by atoms with Gasteiger partial charge in [0, 0.05) is 26.3 Å². The van der Waals surface area contributed by atoms with Crippen molar-refractivity contribution >= 4 is 32.3 Å². The SMILES string of the molecule is [Ir].[c-]1ccccc1-c1nccc2c1ccc1c3ccccc3ccc21. The van der Waals surface area contributed by atoms with Gasteiger partial charge in [-0.1, -0.05) is 48.5 Å². The van der Waals surface area contributed by atoms with E-state index < -0.39 is 0 Å². The summed E-state index contributed by atoms with van der Waals surface area (Å²) in [7, 11) is 0. The molecule has 1 radical (unpaired) electrons. The number of fused-ring (bicyclic) bond motifs is 5. The van der Waals surface area contributed by atoms with Crippen molar-refractivity contribution in [3.63, 3.8) is 0 Å². The Morgan fingerprint density at radius 3 is 2.20 bits per heavy atom. The van der Waals surface area contributed by atoms with E-state index in [0.717, 1.165) is 11.3 Å². The molecule has 2 heteroatoms. The van der Waals surface area contributed by atoms with Gasteiger partial charge in [0.1, 0.15) is 0 Å². The first-order valence-electron chi connectivity index (χ1n) is 8.08. The number of aromatic nitrogens is 1. The number of benzene rings is 4. The molecule has 0 unspecified atom stereocenters. The van der Waals surface area contributed by atoms with Crippen LogP contribution in [-0.2, 0) is 20.1 Å². The van der Waals surface area contributed by atoms with Gasteiger partial charge in [-0.25, -0.2) is 0 Å². The molecular formula is C23H14IrN-. The summed E-state index contributed by atoms with van der Waals surface area (Å²) >= 11 is 0. The van der Waals surface area contributed by atoms with Gasteiger partial charge in [0.25, 0.3) is 0 Å². The third-order valence-electron chi connectivity index (χ3n) is 4.63. The van der Waals surface area contributed by atoms with E-state index in [2.05, 4.69) is 71.7 Å². The molecule has 0 amide bonds. The fourth-order valence-electron chi connectivity index (χ4n) is 3.51. The number of pyridine rings is 1. The van der Waals surface area contributed by atoms with E-state index in [9.17, 15) is 0 Å². The first kappa shape index (κ1) is 16.0. The van der Waals surface area contributed by atoms with Crippen LogP contribution in [0.15, 0.2) is 85.1 Å². The van der Waals surface area contributed by atoms with Gasteiger partial charge in [-0.2, -0.15) is 0 Å². The predicted molar refractivity (Wildman–Crippen MR) is 101 cm³/mol. The Kier molecular flexibility index (Phi) is 4.09. The minimum absolute atomic E-state index is 0. The zero-order chi connectivity index (χ0) is 15.9. The normalized spacial score (nSPS) is 10.9. The van der Waals surface area contributed by atoms with Crippen LogP contribution in [0.5, 0.6) is 0 Å². The van der Waals surface area contributed by atoms with Crippen LogP contribution in [0, 0.1) is 6.07 Å². The van der Waals surface area contributed by atoms with Crippen LogP contribution < -0.4 is 0 Å². The second-order valence-electron chi connectivity index (χ2n) is 5.98. The molecule has 0 aliphatic rings. The van der Waals surface area contributed by atoms with Gasteiger partial charge in [0.2, 0.25) is 0 Å². The second-order valence-corrected chi connectivity index (χ2v) is 5.98.